The first-order valence-corrected chi connectivity index (χ1v) is 9.22. The number of ether oxygens (including phenoxy) is 3. The zero-order valence-corrected chi connectivity index (χ0v) is 16.0. The van der Waals surface area contributed by atoms with E-state index < -0.39 is 6.04 Å². The van der Waals surface area contributed by atoms with E-state index in [-0.39, 0.29) is 30.3 Å². The lowest BCUT2D eigenvalue weighted by molar-refractivity contribution is -0.129. The number of anilines is 1. The topological polar surface area (TPSA) is 97.9 Å². The number of hydrogen-bond donors (Lipinski definition) is 3. The van der Waals surface area contributed by atoms with Gasteiger partial charge in [-0.1, -0.05) is 12.8 Å². The van der Waals surface area contributed by atoms with Gasteiger partial charge in [-0.05, 0) is 12.8 Å². The maximum Gasteiger partial charge on any atom is 0.237 e. The highest BCUT2D eigenvalue weighted by atomic mass is 16.5. The van der Waals surface area contributed by atoms with Gasteiger partial charge in [0.25, 0.3) is 0 Å². The smallest absolute Gasteiger partial charge is 0.237 e. The van der Waals surface area contributed by atoms with Crippen molar-refractivity contribution in [1.82, 2.24) is 10.6 Å². The van der Waals surface area contributed by atoms with Crippen LogP contribution in [0.15, 0.2) is 12.1 Å². The summed E-state index contributed by atoms with van der Waals surface area (Å²) >= 11 is 0. The normalized spacial score (nSPS) is 24.4. The highest BCUT2D eigenvalue weighted by molar-refractivity contribution is 5.96. The molecule has 3 N–H and O–H groups in total. The number of carbonyl (C=O) groups is 2. The van der Waals surface area contributed by atoms with E-state index in [1.807, 2.05) is 0 Å². The van der Waals surface area contributed by atoms with E-state index in [1.54, 1.807) is 12.1 Å². The molecule has 2 amide bonds. The summed E-state index contributed by atoms with van der Waals surface area (Å²) in [6.07, 6.45) is 4.36. The maximum absolute atomic E-state index is 12.5. The number of piperazine rings is 1. The molecule has 2 aliphatic rings. The highest BCUT2D eigenvalue weighted by Gasteiger charge is 2.37. The lowest BCUT2D eigenvalue weighted by Gasteiger charge is -2.40. The van der Waals surface area contributed by atoms with Gasteiger partial charge in [-0.25, -0.2) is 0 Å². The van der Waals surface area contributed by atoms with E-state index >= 15 is 0 Å². The van der Waals surface area contributed by atoms with Crippen LogP contribution in [0.25, 0.3) is 0 Å². The first-order chi connectivity index (χ1) is 13.0. The number of hydrogen-bond acceptors (Lipinski definition) is 6. The van der Waals surface area contributed by atoms with Gasteiger partial charge in [0.15, 0.2) is 11.5 Å². The zero-order valence-electron chi connectivity index (χ0n) is 16.0. The summed E-state index contributed by atoms with van der Waals surface area (Å²) < 4.78 is 15.9. The molecule has 27 heavy (non-hydrogen) atoms. The molecule has 2 fully saturated rings. The van der Waals surface area contributed by atoms with Crippen molar-refractivity contribution in [2.45, 2.75) is 50.2 Å². The number of nitrogens with one attached hydrogen (secondary N) is 3. The average Bonchev–Trinajstić information content (AvgIpc) is 2.67. The van der Waals surface area contributed by atoms with Crippen LogP contribution < -0.4 is 30.2 Å². The lowest BCUT2D eigenvalue weighted by Crippen LogP contribution is -2.65. The van der Waals surface area contributed by atoms with E-state index in [9.17, 15) is 9.59 Å². The second-order valence-electron chi connectivity index (χ2n) is 6.89. The molecular weight excluding hydrogens is 350 g/mol. The molecule has 0 radical (unpaired) electrons. The van der Waals surface area contributed by atoms with Crippen LogP contribution in [0.4, 0.5) is 5.69 Å². The van der Waals surface area contributed by atoms with Crippen LogP contribution >= 0.6 is 0 Å². The van der Waals surface area contributed by atoms with Crippen molar-refractivity contribution in [3.63, 3.8) is 0 Å². The predicted molar refractivity (Wildman–Crippen MR) is 100 cm³/mol. The number of fused-ring (bicyclic) bond motifs is 1. The third-order valence-electron chi connectivity index (χ3n) is 5.16. The molecule has 0 aromatic heterocycles. The van der Waals surface area contributed by atoms with E-state index in [4.69, 9.17) is 14.2 Å². The molecule has 1 aliphatic carbocycles. The summed E-state index contributed by atoms with van der Waals surface area (Å²) in [6.45, 7) is 0. The van der Waals surface area contributed by atoms with Crippen LogP contribution in [0.1, 0.15) is 32.1 Å². The number of amides is 2. The van der Waals surface area contributed by atoms with E-state index in [0.717, 1.165) is 25.7 Å². The molecule has 8 nitrogen and oxygen atoms in total. The minimum Gasteiger partial charge on any atom is -0.493 e. The Morgan fingerprint density at radius 2 is 1.70 bits per heavy atom. The third-order valence-corrected chi connectivity index (χ3v) is 5.16. The van der Waals surface area contributed by atoms with Gasteiger partial charge in [-0.15, -0.1) is 0 Å². The van der Waals surface area contributed by atoms with Crippen molar-refractivity contribution < 1.29 is 23.8 Å². The van der Waals surface area contributed by atoms with Crippen LogP contribution in [0.5, 0.6) is 17.2 Å². The van der Waals surface area contributed by atoms with Crippen LogP contribution in [0.2, 0.25) is 0 Å². The van der Waals surface area contributed by atoms with E-state index in [1.165, 1.54) is 21.3 Å². The summed E-state index contributed by atoms with van der Waals surface area (Å²) in [6, 6.07) is 3.22. The molecule has 3 atom stereocenters. The summed E-state index contributed by atoms with van der Waals surface area (Å²) in [4.78, 5) is 24.8. The fourth-order valence-electron chi connectivity index (χ4n) is 3.82. The van der Waals surface area contributed by atoms with Crippen molar-refractivity contribution in [3.8, 4) is 17.2 Å². The third kappa shape index (κ3) is 4.27. The SMILES string of the molecule is COc1cc(NC(=O)C[C@H]2N[C@@H]3CCCC[C@@H]3NC2=O)cc(OC)c1OC. The Hall–Kier alpha value is -2.48. The van der Waals surface area contributed by atoms with Gasteiger partial charge in [0, 0.05) is 29.9 Å². The maximum atomic E-state index is 12.5. The molecule has 8 heteroatoms. The van der Waals surface area contributed by atoms with Crippen LogP contribution in [0.3, 0.4) is 0 Å². The van der Waals surface area contributed by atoms with Gasteiger partial charge in [-0.2, -0.15) is 0 Å². The molecule has 1 aliphatic heterocycles. The van der Waals surface area contributed by atoms with Gasteiger partial charge in [0.2, 0.25) is 17.6 Å². The van der Waals surface area contributed by atoms with Crippen LogP contribution in [-0.2, 0) is 9.59 Å². The number of carbonyl (C=O) groups excluding carboxylic acids is 2. The molecule has 0 spiro atoms. The molecule has 1 aromatic carbocycles. The molecule has 0 unspecified atom stereocenters. The highest BCUT2D eigenvalue weighted by Crippen LogP contribution is 2.40. The minimum absolute atomic E-state index is 0.0612. The van der Waals surface area contributed by atoms with Crippen molar-refractivity contribution in [2.24, 2.45) is 0 Å². The summed E-state index contributed by atoms with van der Waals surface area (Å²) in [5.74, 6) is 0.982. The summed E-state index contributed by atoms with van der Waals surface area (Å²) in [5.41, 5.74) is 0.515. The van der Waals surface area contributed by atoms with Gasteiger partial charge in [-0.3, -0.25) is 9.59 Å². The molecular formula is C19H27N3O5. The Labute approximate surface area is 158 Å². The summed E-state index contributed by atoms with van der Waals surface area (Å²) in [5, 5.41) is 9.20. The Kier molecular flexibility index (Phi) is 6.05. The molecule has 148 valence electrons. The Morgan fingerprint density at radius 1 is 1.07 bits per heavy atom. The second kappa shape index (κ2) is 8.47. The molecule has 1 heterocycles. The van der Waals surface area contributed by atoms with Gasteiger partial charge in [0.1, 0.15) is 0 Å². The van der Waals surface area contributed by atoms with Gasteiger partial charge >= 0.3 is 0 Å². The minimum atomic E-state index is -0.522. The number of methoxy groups -OCH3 is 3. The average molecular weight is 377 g/mol. The van der Waals surface area contributed by atoms with Crippen molar-refractivity contribution in [3.05, 3.63) is 12.1 Å². The van der Waals surface area contributed by atoms with E-state index in [0.29, 0.717) is 22.9 Å². The van der Waals surface area contributed by atoms with Crippen molar-refractivity contribution >= 4 is 17.5 Å². The molecule has 3 rings (SSSR count). The van der Waals surface area contributed by atoms with Crippen molar-refractivity contribution in [2.75, 3.05) is 26.6 Å². The second-order valence-corrected chi connectivity index (χ2v) is 6.89. The zero-order chi connectivity index (χ0) is 19.4. The fraction of sp³-hybridized carbons (Fsp3) is 0.579. The first-order valence-electron chi connectivity index (χ1n) is 9.22. The lowest BCUT2D eigenvalue weighted by atomic mass is 9.87. The Bertz CT molecular complexity index is 684. The van der Waals surface area contributed by atoms with Crippen LogP contribution in [0, 0.1) is 0 Å². The largest absolute Gasteiger partial charge is 0.493 e. The van der Waals surface area contributed by atoms with Gasteiger partial charge < -0.3 is 30.2 Å². The molecule has 1 saturated carbocycles. The quantitative estimate of drug-likeness (QED) is 0.694. The summed E-state index contributed by atoms with van der Waals surface area (Å²) in [7, 11) is 4.55. The van der Waals surface area contributed by atoms with Crippen LogP contribution in [-0.4, -0.2) is 51.3 Å². The predicted octanol–water partition coefficient (Wildman–Crippen LogP) is 1.44. The first kappa shape index (κ1) is 19.3. The van der Waals surface area contributed by atoms with Gasteiger partial charge in [0.05, 0.1) is 33.8 Å². The molecule has 0 bridgehead atoms. The number of benzene rings is 1. The van der Waals surface area contributed by atoms with Crippen molar-refractivity contribution in [1.29, 1.82) is 0 Å². The fourth-order valence-corrected chi connectivity index (χ4v) is 3.82. The Morgan fingerprint density at radius 3 is 2.30 bits per heavy atom. The van der Waals surface area contributed by atoms with E-state index in [2.05, 4.69) is 16.0 Å². The Balaban J connectivity index is 1.66. The molecule has 1 aromatic rings. The standard InChI is InChI=1S/C19H27N3O5/c1-25-15-8-11(9-16(26-2)18(15)27-3)20-17(23)10-14-19(24)22-13-7-5-4-6-12(13)21-14/h8-9,12-14,21H,4-7,10H2,1-3H3,(H,20,23)(H,22,24)/t12-,13+,14-/m1/s1. The number of rotatable bonds is 6. The monoisotopic (exact) mass is 377 g/mol. The molecule has 1 saturated heterocycles.